The standard InChI is InChI=1S/C15H14N2O3/c1-7-4-11(18)16-13-9(7)6-10-8(2)5-12(19)17-14(10)15(13)20-3/h4-6H,1-3H3,(H,16,18)(H,17,19). The lowest BCUT2D eigenvalue weighted by molar-refractivity contribution is 0.422. The number of methoxy groups -OCH3 is 1. The Labute approximate surface area is 114 Å². The molecular formula is C15H14N2O3. The number of aromatic nitrogens is 2. The summed E-state index contributed by atoms with van der Waals surface area (Å²) in [5, 5.41) is 1.81. The van der Waals surface area contributed by atoms with Crippen LogP contribution in [0.25, 0.3) is 21.8 Å². The van der Waals surface area contributed by atoms with Crippen molar-refractivity contribution in [3.8, 4) is 5.75 Å². The highest BCUT2D eigenvalue weighted by Gasteiger charge is 2.13. The van der Waals surface area contributed by atoms with Crippen molar-refractivity contribution in [2.24, 2.45) is 0 Å². The van der Waals surface area contributed by atoms with Crippen molar-refractivity contribution in [1.82, 2.24) is 9.97 Å². The smallest absolute Gasteiger partial charge is 0.248 e. The van der Waals surface area contributed by atoms with Crippen LogP contribution in [-0.4, -0.2) is 17.1 Å². The molecule has 2 N–H and O–H groups in total. The Kier molecular flexibility index (Phi) is 2.64. The number of hydrogen-bond acceptors (Lipinski definition) is 3. The highest BCUT2D eigenvalue weighted by atomic mass is 16.5. The van der Waals surface area contributed by atoms with Crippen molar-refractivity contribution in [3.05, 3.63) is 50.0 Å². The fourth-order valence-corrected chi connectivity index (χ4v) is 2.60. The predicted octanol–water partition coefficient (Wildman–Crippen LogP) is 2.00. The molecule has 102 valence electrons. The quantitative estimate of drug-likeness (QED) is 0.664. The number of aromatic amines is 2. The highest BCUT2D eigenvalue weighted by molar-refractivity contribution is 6.03. The van der Waals surface area contributed by atoms with Gasteiger partial charge in [-0.25, -0.2) is 0 Å². The number of nitrogens with one attached hydrogen (secondary N) is 2. The molecule has 0 bridgehead atoms. The van der Waals surface area contributed by atoms with Gasteiger partial charge < -0.3 is 14.7 Å². The van der Waals surface area contributed by atoms with E-state index < -0.39 is 0 Å². The minimum absolute atomic E-state index is 0.192. The van der Waals surface area contributed by atoms with E-state index >= 15 is 0 Å². The molecule has 0 aliphatic carbocycles. The molecule has 0 atom stereocenters. The molecule has 3 rings (SSSR count). The fraction of sp³-hybridized carbons (Fsp3) is 0.200. The van der Waals surface area contributed by atoms with E-state index in [0.29, 0.717) is 16.8 Å². The van der Waals surface area contributed by atoms with Crippen LogP contribution in [0.3, 0.4) is 0 Å². The van der Waals surface area contributed by atoms with Gasteiger partial charge in [0.2, 0.25) is 11.1 Å². The van der Waals surface area contributed by atoms with E-state index in [-0.39, 0.29) is 11.1 Å². The third-order valence-corrected chi connectivity index (χ3v) is 3.53. The maximum absolute atomic E-state index is 11.7. The SMILES string of the molecule is COc1c2[nH]c(=O)cc(C)c2cc2c(C)cc(=O)[nH]c12. The summed E-state index contributed by atoms with van der Waals surface area (Å²) < 4.78 is 5.42. The van der Waals surface area contributed by atoms with Gasteiger partial charge in [-0.1, -0.05) is 0 Å². The molecule has 2 aromatic heterocycles. The van der Waals surface area contributed by atoms with Crippen LogP contribution >= 0.6 is 0 Å². The van der Waals surface area contributed by atoms with Gasteiger partial charge in [0.05, 0.1) is 18.1 Å². The van der Waals surface area contributed by atoms with E-state index in [0.717, 1.165) is 21.9 Å². The van der Waals surface area contributed by atoms with Gasteiger partial charge in [0, 0.05) is 22.9 Å². The maximum Gasteiger partial charge on any atom is 0.248 e. The van der Waals surface area contributed by atoms with Crippen LogP contribution in [0.15, 0.2) is 27.8 Å². The largest absolute Gasteiger partial charge is 0.492 e. The zero-order chi connectivity index (χ0) is 14.4. The predicted molar refractivity (Wildman–Crippen MR) is 78.7 cm³/mol. The second-order valence-corrected chi connectivity index (χ2v) is 4.89. The van der Waals surface area contributed by atoms with Gasteiger partial charge >= 0.3 is 0 Å². The zero-order valence-corrected chi connectivity index (χ0v) is 11.5. The number of rotatable bonds is 1. The number of H-pyrrole nitrogens is 2. The van der Waals surface area contributed by atoms with Gasteiger partial charge in [0.25, 0.3) is 0 Å². The van der Waals surface area contributed by atoms with E-state index in [1.165, 1.54) is 7.11 Å². The van der Waals surface area contributed by atoms with Gasteiger partial charge in [0.15, 0.2) is 5.75 Å². The normalized spacial score (nSPS) is 11.2. The molecule has 0 aliphatic heterocycles. The van der Waals surface area contributed by atoms with Gasteiger partial charge in [-0.15, -0.1) is 0 Å². The van der Waals surface area contributed by atoms with Crippen LogP contribution in [0.2, 0.25) is 0 Å². The zero-order valence-electron chi connectivity index (χ0n) is 11.5. The molecule has 20 heavy (non-hydrogen) atoms. The molecule has 1 aromatic carbocycles. The van der Waals surface area contributed by atoms with Crippen molar-refractivity contribution in [3.63, 3.8) is 0 Å². The van der Waals surface area contributed by atoms with Gasteiger partial charge in [-0.2, -0.15) is 0 Å². The van der Waals surface area contributed by atoms with Crippen LogP contribution in [0.4, 0.5) is 0 Å². The van der Waals surface area contributed by atoms with Gasteiger partial charge in [0.1, 0.15) is 0 Å². The summed E-state index contributed by atoms with van der Waals surface area (Å²) in [7, 11) is 1.52. The maximum atomic E-state index is 11.7. The molecule has 0 radical (unpaired) electrons. The summed E-state index contributed by atoms with van der Waals surface area (Å²) in [6.07, 6.45) is 0. The molecule has 0 aliphatic rings. The number of ether oxygens (including phenoxy) is 1. The van der Waals surface area contributed by atoms with Crippen LogP contribution in [0.1, 0.15) is 11.1 Å². The van der Waals surface area contributed by atoms with Crippen molar-refractivity contribution in [2.45, 2.75) is 13.8 Å². The molecule has 0 unspecified atom stereocenters. The monoisotopic (exact) mass is 270 g/mol. The lowest BCUT2D eigenvalue weighted by atomic mass is 10.0. The van der Waals surface area contributed by atoms with E-state index in [1.54, 1.807) is 12.1 Å². The topological polar surface area (TPSA) is 75.0 Å². The van der Waals surface area contributed by atoms with Crippen molar-refractivity contribution in [2.75, 3.05) is 7.11 Å². The Morgan fingerprint density at radius 3 is 1.70 bits per heavy atom. The number of benzene rings is 1. The third-order valence-electron chi connectivity index (χ3n) is 3.53. The molecule has 0 saturated carbocycles. The number of hydrogen-bond donors (Lipinski definition) is 2. The summed E-state index contributed by atoms with van der Waals surface area (Å²) in [6.45, 7) is 3.76. The molecule has 5 heteroatoms. The molecule has 0 fully saturated rings. The van der Waals surface area contributed by atoms with E-state index in [1.807, 2.05) is 19.9 Å². The molecule has 0 saturated heterocycles. The Bertz CT molecular complexity index is 877. The highest BCUT2D eigenvalue weighted by Crippen LogP contribution is 2.33. The first-order valence-electron chi connectivity index (χ1n) is 6.25. The number of pyridine rings is 2. The van der Waals surface area contributed by atoms with E-state index in [2.05, 4.69) is 9.97 Å². The lowest BCUT2D eigenvalue weighted by Gasteiger charge is -2.12. The van der Waals surface area contributed by atoms with Gasteiger partial charge in [-0.3, -0.25) is 9.59 Å². The first-order valence-corrected chi connectivity index (χ1v) is 6.25. The summed E-state index contributed by atoms with van der Waals surface area (Å²) in [5.41, 5.74) is 2.56. The Balaban J connectivity index is 2.68. The number of fused-ring (bicyclic) bond motifs is 2. The lowest BCUT2D eigenvalue weighted by Crippen LogP contribution is -2.09. The number of aryl methyl sites for hydroxylation is 2. The average Bonchev–Trinajstić information content (AvgIpc) is 2.36. The van der Waals surface area contributed by atoms with Crippen molar-refractivity contribution in [1.29, 1.82) is 0 Å². The third kappa shape index (κ3) is 1.71. The second-order valence-electron chi connectivity index (χ2n) is 4.89. The summed E-state index contributed by atoms with van der Waals surface area (Å²) in [5.74, 6) is 0.485. The molecule has 0 spiro atoms. The summed E-state index contributed by atoms with van der Waals surface area (Å²) >= 11 is 0. The Hall–Kier alpha value is -2.56. The second kappa shape index (κ2) is 4.23. The minimum atomic E-state index is -0.192. The first-order chi connectivity index (χ1) is 9.51. The molecular weight excluding hydrogens is 256 g/mol. The molecule has 5 nitrogen and oxygen atoms in total. The molecule has 2 heterocycles. The van der Waals surface area contributed by atoms with Crippen LogP contribution in [0, 0.1) is 13.8 Å². The minimum Gasteiger partial charge on any atom is -0.492 e. The van der Waals surface area contributed by atoms with Crippen molar-refractivity contribution < 1.29 is 4.74 Å². The fourth-order valence-electron chi connectivity index (χ4n) is 2.60. The molecule has 3 aromatic rings. The molecule has 0 amide bonds. The summed E-state index contributed by atoms with van der Waals surface area (Å²) in [6, 6.07) is 5.06. The van der Waals surface area contributed by atoms with Crippen LogP contribution in [0.5, 0.6) is 5.75 Å². The van der Waals surface area contributed by atoms with E-state index in [4.69, 9.17) is 4.74 Å². The Morgan fingerprint density at radius 1 is 0.850 bits per heavy atom. The summed E-state index contributed by atoms with van der Waals surface area (Å²) in [4.78, 5) is 28.9. The first kappa shape index (κ1) is 12.5. The van der Waals surface area contributed by atoms with Crippen LogP contribution in [-0.2, 0) is 0 Å². The van der Waals surface area contributed by atoms with Gasteiger partial charge in [-0.05, 0) is 31.0 Å². The Morgan fingerprint density at radius 2 is 1.30 bits per heavy atom. The van der Waals surface area contributed by atoms with Crippen LogP contribution < -0.4 is 15.9 Å². The van der Waals surface area contributed by atoms with Crippen molar-refractivity contribution >= 4 is 21.8 Å². The average molecular weight is 270 g/mol. The van der Waals surface area contributed by atoms with E-state index in [9.17, 15) is 9.59 Å².